The molecule has 2 rings (SSSR count). The Hall–Kier alpha value is -0.710. The summed E-state index contributed by atoms with van der Waals surface area (Å²) in [5.41, 5.74) is 7.51. The number of thioether (sulfide) groups is 1. The Bertz CT molecular complexity index is 516. The number of rotatable bonds is 3. The van der Waals surface area contributed by atoms with E-state index in [1.54, 1.807) is 18.0 Å². The van der Waals surface area contributed by atoms with Crippen LogP contribution >= 0.6 is 39.3 Å². The number of anilines is 1. The Morgan fingerprint density at radius 1 is 1.29 bits per heavy atom. The number of nitrogen functional groups attached to an aromatic ring is 1. The molecule has 0 fully saturated rings. The zero-order valence-corrected chi connectivity index (χ0v) is 12.0. The molecule has 17 heavy (non-hydrogen) atoms. The molecule has 0 radical (unpaired) electrons. The van der Waals surface area contributed by atoms with Gasteiger partial charge in [0.05, 0.1) is 15.7 Å². The van der Waals surface area contributed by atoms with Crippen molar-refractivity contribution in [3.63, 3.8) is 0 Å². The van der Waals surface area contributed by atoms with Crippen LogP contribution in [0.25, 0.3) is 0 Å². The molecule has 2 aromatic rings. The number of pyridine rings is 1. The summed E-state index contributed by atoms with van der Waals surface area (Å²) in [7, 11) is 0. The fourth-order valence-electron chi connectivity index (χ4n) is 1.29. The number of hydrogen-bond donors (Lipinski definition) is 1. The molecule has 0 atom stereocenters. The van der Waals surface area contributed by atoms with Gasteiger partial charge in [-0.25, -0.2) is 4.98 Å². The van der Waals surface area contributed by atoms with E-state index in [9.17, 15) is 0 Å². The van der Waals surface area contributed by atoms with Gasteiger partial charge in [0.2, 0.25) is 0 Å². The molecule has 1 aromatic heterocycles. The highest BCUT2D eigenvalue weighted by Gasteiger charge is 2.01. The molecule has 5 heteroatoms. The molecular weight excluding hydrogens is 320 g/mol. The molecule has 1 heterocycles. The number of halogens is 2. The Balaban J connectivity index is 2.02. The number of hydrogen-bond acceptors (Lipinski definition) is 3. The Kier molecular flexibility index (Phi) is 4.31. The number of aromatic nitrogens is 1. The predicted molar refractivity (Wildman–Crippen MR) is 77.4 cm³/mol. The minimum absolute atomic E-state index is 0.598. The molecule has 0 bridgehead atoms. The van der Waals surface area contributed by atoms with Crippen molar-refractivity contribution in [1.82, 2.24) is 4.98 Å². The van der Waals surface area contributed by atoms with Crippen molar-refractivity contribution in [3.8, 4) is 0 Å². The van der Waals surface area contributed by atoms with Crippen molar-refractivity contribution in [1.29, 1.82) is 0 Å². The first-order valence-corrected chi connectivity index (χ1v) is 7.09. The largest absolute Gasteiger partial charge is 0.398 e. The lowest BCUT2D eigenvalue weighted by atomic mass is 10.2. The van der Waals surface area contributed by atoms with Crippen molar-refractivity contribution in [3.05, 3.63) is 51.6 Å². The van der Waals surface area contributed by atoms with Crippen molar-refractivity contribution in [2.45, 2.75) is 10.8 Å². The summed E-state index contributed by atoms with van der Waals surface area (Å²) in [5, 5.41) is 1.59. The van der Waals surface area contributed by atoms with E-state index in [4.69, 9.17) is 17.3 Å². The van der Waals surface area contributed by atoms with Crippen molar-refractivity contribution in [2.24, 2.45) is 0 Å². The van der Waals surface area contributed by atoms with E-state index in [1.165, 1.54) is 0 Å². The van der Waals surface area contributed by atoms with Crippen LogP contribution in [0.1, 0.15) is 5.56 Å². The molecule has 0 aliphatic heterocycles. The van der Waals surface area contributed by atoms with Crippen LogP contribution in [0.4, 0.5) is 5.69 Å². The summed E-state index contributed by atoms with van der Waals surface area (Å²) < 4.78 is 0.984. The molecule has 2 N–H and O–H groups in total. The van der Waals surface area contributed by atoms with Gasteiger partial charge < -0.3 is 5.73 Å². The minimum Gasteiger partial charge on any atom is -0.398 e. The van der Waals surface area contributed by atoms with Crippen LogP contribution in [0.3, 0.4) is 0 Å². The van der Waals surface area contributed by atoms with Gasteiger partial charge in [0.1, 0.15) is 0 Å². The van der Waals surface area contributed by atoms with E-state index in [2.05, 4.69) is 20.9 Å². The van der Waals surface area contributed by atoms with Crippen LogP contribution in [0.15, 0.2) is 46.0 Å². The second kappa shape index (κ2) is 5.76. The van der Waals surface area contributed by atoms with Gasteiger partial charge in [-0.15, -0.1) is 11.8 Å². The summed E-state index contributed by atoms with van der Waals surface area (Å²) in [5.74, 6) is 0.829. The van der Waals surface area contributed by atoms with Gasteiger partial charge in [-0.1, -0.05) is 17.7 Å². The monoisotopic (exact) mass is 328 g/mol. The summed E-state index contributed by atoms with van der Waals surface area (Å²) in [4.78, 5) is 4.29. The Morgan fingerprint density at radius 3 is 2.76 bits per heavy atom. The summed E-state index contributed by atoms with van der Waals surface area (Å²) in [6, 6.07) is 9.65. The van der Waals surface area contributed by atoms with Gasteiger partial charge in [-0.2, -0.15) is 0 Å². The van der Waals surface area contributed by atoms with Gasteiger partial charge in [-0.05, 0) is 45.8 Å². The van der Waals surface area contributed by atoms with Crippen LogP contribution < -0.4 is 5.73 Å². The first-order chi connectivity index (χ1) is 8.15. The van der Waals surface area contributed by atoms with Crippen LogP contribution in [-0.2, 0) is 5.75 Å². The van der Waals surface area contributed by atoms with Gasteiger partial charge in [0.25, 0.3) is 0 Å². The van der Waals surface area contributed by atoms with Gasteiger partial charge in [-0.3, -0.25) is 0 Å². The highest BCUT2D eigenvalue weighted by atomic mass is 79.9. The van der Waals surface area contributed by atoms with Crippen LogP contribution in [0.5, 0.6) is 0 Å². The third-order valence-corrected chi connectivity index (χ3v) is 3.98. The van der Waals surface area contributed by atoms with E-state index in [0.29, 0.717) is 10.7 Å². The van der Waals surface area contributed by atoms with Gasteiger partial charge in [0, 0.05) is 16.4 Å². The number of nitrogens with zero attached hydrogens (tertiary/aromatic N) is 1. The second-order valence-electron chi connectivity index (χ2n) is 3.46. The first-order valence-electron chi connectivity index (χ1n) is 4.93. The molecule has 0 saturated carbocycles. The summed E-state index contributed by atoms with van der Waals surface area (Å²) >= 11 is 10.9. The SMILES string of the molecule is Nc1cc(CSc2ccc(Br)cn2)ccc1Cl. The highest BCUT2D eigenvalue weighted by Crippen LogP contribution is 2.25. The topological polar surface area (TPSA) is 38.9 Å². The van der Waals surface area contributed by atoms with Gasteiger partial charge >= 0.3 is 0 Å². The predicted octanol–water partition coefficient (Wildman–Crippen LogP) is 4.37. The van der Waals surface area contributed by atoms with Crippen molar-refractivity contribution in [2.75, 3.05) is 5.73 Å². The second-order valence-corrected chi connectivity index (χ2v) is 5.78. The normalized spacial score (nSPS) is 10.5. The first kappa shape index (κ1) is 12.7. The van der Waals surface area contributed by atoms with E-state index in [0.717, 1.165) is 20.8 Å². The lowest BCUT2D eigenvalue weighted by Gasteiger charge is -2.04. The lowest BCUT2D eigenvalue weighted by molar-refractivity contribution is 1.12. The van der Waals surface area contributed by atoms with E-state index in [1.807, 2.05) is 30.3 Å². The molecule has 0 saturated heterocycles. The van der Waals surface area contributed by atoms with Crippen molar-refractivity contribution < 1.29 is 0 Å². The molecule has 0 unspecified atom stereocenters. The van der Waals surface area contributed by atoms with Crippen LogP contribution in [-0.4, -0.2) is 4.98 Å². The van der Waals surface area contributed by atoms with Gasteiger partial charge in [0.15, 0.2) is 0 Å². The maximum Gasteiger partial charge on any atom is 0.0963 e. The minimum atomic E-state index is 0.598. The standard InChI is InChI=1S/C12H10BrClN2S/c13-9-2-4-12(16-6-9)17-7-8-1-3-10(14)11(15)5-8/h1-6H,7,15H2. The van der Waals surface area contributed by atoms with E-state index in [-0.39, 0.29) is 0 Å². The molecule has 0 amide bonds. The Labute approximate surface area is 118 Å². The lowest BCUT2D eigenvalue weighted by Crippen LogP contribution is -1.89. The average molecular weight is 330 g/mol. The maximum atomic E-state index is 5.87. The van der Waals surface area contributed by atoms with E-state index >= 15 is 0 Å². The third kappa shape index (κ3) is 3.63. The zero-order chi connectivity index (χ0) is 12.3. The Morgan fingerprint density at radius 2 is 2.12 bits per heavy atom. The zero-order valence-electron chi connectivity index (χ0n) is 8.86. The molecule has 88 valence electrons. The summed E-state index contributed by atoms with van der Waals surface area (Å²) in [6.45, 7) is 0. The fourth-order valence-corrected chi connectivity index (χ4v) is 2.43. The molecule has 1 aromatic carbocycles. The third-order valence-electron chi connectivity index (χ3n) is 2.15. The molecule has 0 aliphatic rings. The smallest absolute Gasteiger partial charge is 0.0963 e. The fraction of sp³-hybridized carbons (Fsp3) is 0.0833. The molecule has 0 aliphatic carbocycles. The quantitative estimate of drug-likeness (QED) is 0.671. The van der Waals surface area contributed by atoms with Crippen LogP contribution in [0, 0.1) is 0 Å². The maximum absolute atomic E-state index is 5.87. The highest BCUT2D eigenvalue weighted by molar-refractivity contribution is 9.10. The number of benzene rings is 1. The number of nitrogens with two attached hydrogens (primary N) is 1. The van der Waals surface area contributed by atoms with Crippen molar-refractivity contribution >= 4 is 45.0 Å². The molecule has 2 nitrogen and oxygen atoms in total. The summed E-state index contributed by atoms with van der Waals surface area (Å²) in [6.07, 6.45) is 1.79. The molecular formula is C12H10BrClN2S. The van der Waals surface area contributed by atoms with E-state index < -0.39 is 0 Å². The molecule has 0 spiro atoms. The average Bonchev–Trinajstić information content (AvgIpc) is 2.33. The van der Waals surface area contributed by atoms with Crippen LogP contribution in [0.2, 0.25) is 5.02 Å².